The molecule has 104 valence electrons. The zero-order chi connectivity index (χ0) is 14.5. The van der Waals surface area contributed by atoms with Crippen LogP contribution in [0.4, 0.5) is 5.95 Å². The van der Waals surface area contributed by atoms with Crippen LogP contribution in [0.3, 0.4) is 0 Å². The van der Waals surface area contributed by atoms with Crippen molar-refractivity contribution in [3.8, 4) is 11.5 Å². The lowest BCUT2D eigenvalue weighted by Crippen LogP contribution is -2.15. The van der Waals surface area contributed by atoms with E-state index in [-0.39, 0.29) is 23.0 Å². The summed E-state index contributed by atoms with van der Waals surface area (Å²) in [6, 6.07) is 5.00. The fourth-order valence-corrected chi connectivity index (χ4v) is 1.41. The van der Waals surface area contributed by atoms with Gasteiger partial charge in [-0.2, -0.15) is 5.10 Å². The number of hydrogen-bond donors (Lipinski definition) is 3. The van der Waals surface area contributed by atoms with Crippen molar-refractivity contribution < 1.29 is 9.84 Å². The Hall–Kier alpha value is -2.90. The minimum Gasteiger partial charge on any atom is -0.504 e. The van der Waals surface area contributed by atoms with E-state index in [0.717, 1.165) is 0 Å². The Morgan fingerprint density at radius 2 is 2.25 bits per heavy atom. The second kappa shape index (κ2) is 5.83. The second-order valence-electron chi connectivity index (χ2n) is 3.86. The highest BCUT2D eigenvalue weighted by Crippen LogP contribution is 2.27. The predicted octanol–water partition coefficient (Wildman–Crippen LogP) is 0.634. The number of para-hydroxylation sites is 1. The average molecular weight is 275 g/mol. The van der Waals surface area contributed by atoms with Gasteiger partial charge in [0.05, 0.1) is 13.3 Å². The number of aromatic nitrogens is 3. The first-order valence-corrected chi connectivity index (χ1v) is 5.70. The number of aromatic amines is 1. The molecule has 1 aromatic heterocycles. The van der Waals surface area contributed by atoms with Crippen LogP contribution in [-0.2, 0) is 0 Å². The number of phenols is 1. The lowest BCUT2D eigenvalue weighted by molar-refractivity contribution is 0.373. The van der Waals surface area contributed by atoms with E-state index in [1.165, 1.54) is 13.3 Å². The number of phenolic OH excluding ortho intramolecular Hbond substituents is 1. The number of rotatable bonds is 4. The molecule has 1 heterocycles. The molecule has 0 amide bonds. The van der Waals surface area contributed by atoms with Crippen LogP contribution in [0.25, 0.3) is 0 Å². The van der Waals surface area contributed by atoms with Crippen molar-refractivity contribution in [2.45, 2.75) is 6.92 Å². The highest BCUT2D eigenvalue weighted by molar-refractivity contribution is 5.85. The van der Waals surface area contributed by atoms with Crippen molar-refractivity contribution in [3.63, 3.8) is 0 Å². The fraction of sp³-hybridized carbons (Fsp3) is 0.167. The minimum atomic E-state index is -0.345. The summed E-state index contributed by atoms with van der Waals surface area (Å²) in [5.41, 5.74) is 2.89. The molecule has 0 aliphatic carbocycles. The van der Waals surface area contributed by atoms with Gasteiger partial charge in [-0.05, 0) is 19.1 Å². The predicted molar refractivity (Wildman–Crippen MR) is 73.3 cm³/mol. The summed E-state index contributed by atoms with van der Waals surface area (Å²) in [5, 5.41) is 21.1. The number of aromatic hydroxyl groups is 1. The van der Waals surface area contributed by atoms with Gasteiger partial charge in [0.2, 0.25) is 5.95 Å². The van der Waals surface area contributed by atoms with Gasteiger partial charge in [-0.1, -0.05) is 6.07 Å². The first-order chi connectivity index (χ1) is 9.61. The highest BCUT2D eigenvalue weighted by Gasteiger charge is 2.04. The number of anilines is 1. The van der Waals surface area contributed by atoms with E-state index >= 15 is 0 Å². The van der Waals surface area contributed by atoms with Crippen LogP contribution < -0.4 is 15.7 Å². The Labute approximate surface area is 114 Å². The summed E-state index contributed by atoms with van der Waals surface area (Å²) >= 11 is 0. The van der Waals surface area contributed by atoms with Crippen molar-refractivity contribution in [3.05, 3.63) is 39.8 Å². The normalized spacial score (nSPS) is 10.7. The summed E-state index contributed by atoms with van der Waals surface area (Å²) in [5.74, 6) is 0.431. The molecule has 0 aliphatic rings. The number of ether oxygens (including phenoxy) is 1. The second-order valence-corrected chi connectivity index (χ2v) is 3.86. The SMILES string of the molecule is COc1cccc(C=NNc2nnc(C)c(=O)[nH]2)c1O. The van der Waals surface area contributed by atoms with Gasteiger partial charge < -0.3 is 9.84 Å². The van der Waals surface area contributed by atoms with E-state index < -0.39 is 0 Å². The van der Waals surface area contributed by atoms with Crippen molar-refractivity contribution in [1.82, 2.24) is 15.2 Å². The molecule has 0 saturated carbocycles. The zero-order valence-corrected chi connectivity index (χ0v) is 10.9. The van der Waals surface area contributed by atoms with Crippen LogP contribution in [0.2, 0.25) is 0 Å². The average Bonchev–Trinajstić information content (AvgIpc) is 2.44. The Balaban J connectivity index is 2.14. The number of benzene rings is 1. The Bertz CT molecular complexity index is 696. The van der Waals surface area contributed by atoms with Crippen LogP contribution in [-0.4, -0.2) is 33.6 Å². The van der Waals surface area contributed by atoms with Crippen molar-refractivity contribution in [2.75, 3.05) is 12.5 Å². The molecule has 3 N–H and O–H groups in total. The van der Waals surface area contributed by atoms with Gasteiger partial charge >= 0.3 is 0 Å². The van der Waals surface area contributed by atoms with Crippen LogP contribution in [0.1, 0.15) is 11.3 Å². The van der Waals surface area contributed by atoms with E-state index in [1.54, 1.807) is 25.1 Å². The monoisotopic (exact) mass is 275 g/mol. The molecule has 0 aliphatic heterocycles. The lowest BCUT2D eigenvalue weighted by atomic mass is 10.2. The molecule has 8 heteroatoms. The molecule has 0 unspecified atom stereocenters. The van der Waals surface area contributed by atoms with Gasteiger partial charge in [0.25, 0.3) is 5.56 Å². The van der Waals surface area contributed by atoms with E-state index in [2.05, 4.69) is 25.7 Å². The Morgan fingerprint density at radius 3 is 2.95 bits per heavy atom. The topological polar surface area (TPSA) is 112 Å². The summed E-state index contributed by atoms with van der Waals surface area (Å²) in [7, 11) is 1.46. The number of H-pyrrole nitrogens is 1. The first kappa shape index (κ1) is 13.5. The number of methoxy groups -OCH3 is 1. The summed E-state index contributed by atoms with van der Waals surface area (Å²) in [4.78, 5) is 13.8. The molecule has 20 heavy (non-hydrogen) atoms. The van der Waals surface area contributed by atoms with Crippen molar-refractivity contribution in [2.24, 2.45) is 5.10 Å². The maximum Gasteiger partial charge on any atom is 0.274 e. The standard InChI is InChI=1S/C12H13N5O3/c1-7-11(19)14-12(17-15-7)16-13-6-8-4-3-5-9(20-2)10(8)18/h3-6,18H,1-2H3,(H2,14,16,17,19). The van der Waals surface area contributed by atoms with E-state index in [4.69, 9.17) is 4.74 Å². The van der Waals surface area contributed by atoms with Crippen LogP contribution in [0.5, 0.6) is 11.5 Å². The summed E-state index contributed by atoms with van der Waals surface area (Å²) in [6.45, 7) is 1.55. The Morgan fingerprint density at radius 1 is 1.45 bits per heavy atom. The van der Waals surface area contributed by atoms with Crippen LogP contribution >= 0.6 is 0 Å². The first-order valence-electron chi connectivity index (χ1n) is 5.70. The summed E-state index contributed by atoms with van der Waals surface area (Å²) < 4.78 is 4.98. The third-order valence-electron chi connectivity index (χ3n) is 2.48. The number of nitrogens with one attached hydrogen (secondary N) is 2. The fourth-order valence-electron chi connectivity index (χ4n) is 1.41. The minimum absolute atomic E-state index is 0.0240. The van der Waals surface area contributed by atoms with E-state index in [0.29, 0.717) is 11.3 Å². The van der Waals surface area contributed by atoms with Crippen LogP contribution in [0, 0.1) is 6.92 Å². The molecule has 0 fully saturated rings. The molecule has 2 rings (SSSR count). The van der Waals surface area contributed by atoms with E-state index in [1.807, 2.05) is 0 Å². The molecule has 0 bridgehead atoms. The van der Waals surface area contributed by atoms with Crippen molar-refractivity contribution >= 4 is 12.2 Å². The van der Waals surface area contributed by atoms with Gasteiger partial charge in [-0.25, -0.2) is 5.43 Å². The molecular formula is C12H13N5O3. The molecule has 0 spiro atoms. The van der Waals surface area contributed by atoms with Crippen molar-refractivity contribution in [1.29, 1.82) is 0 Å². The van der Waals surface area contributed by atoms with Gasteiger partial charge in [0.15, 0.2) is 11.5 Å². The van der Waals surface area contributed by atoms with Gasteiger partial charge in [0.1, 0.15) is 5.69 Å². The number of nitrogens with zero attached hydrogens (tertiary/aromatic N) is 3. The molecule has 0 radical (unpaired) electrons. The van der Waals surface area contributed by atoms with Gasteiger partial charge in [-0.3, -0.25) is 9.78 Å². The smallest absolute Gasteiger partial charge is 0.274 e. The zero-order valence-electron chi connectivity index (χ0n) is 10.9. The molecule has 8 nitrogen and oxygen atoms in total. The number of hydrazone groups is 1. The third-order valence-corrected chi connectivity index (χ3v) is 2.48. The maximum atomic E-state index is 11.3. The largest absolute Gasteiger partial charge is 0.504 e. The lowest BCUT2D eigenvalue weighted by Gasteiger charge is -2.04. The maximum absolute atomic E-state index is 11.3. The molecule has 2 aromatic rings. The number of aryl methyl sites for hydroxylation is 1. The van der Waals surface area contributed by atoms with Gasteiger partial charge in [-0.15, -0.1) is 10.2 Å². The van der Waals surface area contributed by atoms with Gasteiger partial charge in [0, 0.05) is 5.56 Å². The molecule has 0 saturated heterocycles. The highest BCUT2D eigenvalue weighted by atomic mass is 16.5. The molecule has 1 aromatic carbocycles. The van der Waals surface area contributed by atoms with Crippen LogP contribution in [0.15, 0.2) is 28.1 Å². The molecule has 0 atom stereocenters. The Kier molecular flexibility index (Phi) is 3.94. The quantitative estimate of drug-likeness (QED) is 0.557. The number of hydrogen-bond acceptors (Lipinski definition) is 7. The van der Waals surface area contributed by atoms with E-state index in [9.17, 15) is 9.90 Å². The summed E-state index contributed by atoms with van der Waals surface area (Å²) in [6.07, 6.45) is 1.37. The molecular weight excluding hydrogens is 262 g/mol. The third kappa shape index (κ3) is 2.91.